The highest BCUT2D eigenvalue weighted by Crippen LogP contribution is 2.26. The molecule has 8 heteroatoms. The summed E-state index contributed by atoms with van der Waals surface area (Å²) in [4.78, 5) is 21.3. The summed E-state index contributed by atoms with van der Waals surface area (Å²) in [6.45, 7) is 16.9. The van der Waals surface area contributed by atoms with Gasteiger partial charge in [0.15, 0.2) is 0 Å². The van der Waals surface area contributed by atoms with Crippen molar-refractivity contribution in [2.75, 3.05) is 64.6 Å². The second-order valence-electron chi connectivity index (χ2n) is 9.64. The van der Waals surface area contributed by atoms with Crippen molar-refractivity contribution in [3.8, 4) is 0 Å². The molecular weight excluding hydrogens is 460 g/mol. The number of anilines is 7. The fourth-order valence-electron chi connectivity index (χ4n) is 4.77. The van der Waals surface area contributed by atoms with Crippen LogP contribution in [-0.2, 0) is 0 Å². The van der Waals surface area contributed by atoms with Gasteiger partial charge in [0, 0.05) is 62.0 Å². The van der Waals surface area contributed by atoms with E-state index in [0.717, 1.165) is 69.4 Å². The first kappa shape index (κ1) is 26.5. The molecular formula is C29H42N8. The summed E-state index contributed by atoms with van der Waals surface area (Å²) in [6, 6.07) is 16.9. The lowest BCUT2D eigenvalue weighted by atomic mass is 10.00. The fourth-order valence-corrected chi connectivity index (χ4v) is 4.77. The molecule has 0 spiro atoms. The fraction of sp³-hybridized carbons (Fsp3) is 0.483. The molecule has 2 heterocycles. The summed E-state index contributed by atoms with van der Waals surface area (Å²) >= 11 is 0. The summed E-state index contributed by atoms with van der Waals surface area (Å²) < 4.78 is 0. The molecule has 0 unspecified atom stereocenters. The summed E-state index contributed by atoms with van der Waals surface area (Å²) in [5.74, 6) is 2.54. The van der Waals surface area contributed by atoms with E-state index in [2.05, 4.69) is 108 Å². The summed E-state index contributed by atoms with van der Waals surface area (Å²) in [5.41, 5.74) is 4.33. The molecule has 1 fully saturated rings. The molecule has 0 radical (unpaired) electrons. The third kappa shape index (κ3) is 6.81. The Morgan fingerprint density at radius 3 is 1.46 bits per heavy atom. The first-order chi connectivity index (χ1) is 18.0. The zero-order valence-corrected chi connectivity index (χ0v) is 23.0. The lowest BCUT2D eigenvalue weighted by molar-refractivity contribution is 0.434. The molecule has 4 rings (SSSR count). The zero-order valence-electron chi connectivity index (χ0n) is 23.0. The average Bonchev–Trinajstić information content (AvgIpc) is 2.92. The van der Waals surface area contributed by atoms with Crippen LogP contribution in [0.4, 0.5) is 40.6 Å². The number of rotatable bonds is 11. The van der Waals surface area contributed by atoms with E-state index < -0.39 is 0 Å². The Hall–Kier alpha value is -3.55. The molecule has 0 aliphatic carbocycles. The number of piperidine rings is 1. The molecule has 8 nitrogen and oxygen atoms in total. The Balaban J connectivity index is 1.57. The van der Waals surface area contributed by atoms with Crippen molar-refractivity contribution in [1.82, 2.24) is 15.0 Å². The third-order valence-electron chi connectivity index (χ3n) is 7.19. The maximum absolute atomic E-state index is 4.80. The van der Waals surface area contributed by atoms with E-state index in [1.165, 1.54) is 11.4 Å². The molecule has 198 valence electrons. The van der Waals surface area contributed by atoms with Crippen molar-refractivity contribution in [2.45, 2.75) is 47.5 Å². The van der Waals surface area contributed by atoms with Crippen LogP contribution in [0, 0.1) is 5.92 Å². The minimum atomic E-state index is 0.543. The highest BCUT2D eigenvalue weighted by molar-refractivity contribution is 5.63. The van der Waals surface area contributed by atoms with Gasteiger partial charge in [-0.05, 0) is 95.0 Å². The van der Waals surface area contributed by atoms with Crippen LogP contribution in [0.5, 0.6) is 0 Å². The minimum Gasteiger partial charge on any atom is -0.372 e. The van der Waals surface area contributed by atoms with Gasteiger partial charge in [-0.3, -0.25) is 0 Å². The van der Waals surface area contributed by atoms with Crippen LogP contribution in [0.2, 0.25) is 0 Å². The SMILES string of the molecule is CCN(CC)c1ccc(Nc2nc(Nc3ccc(N(CC)CC)cc3)nc(N3CCC(C)CC3)n2)cc1. The van der Waals surface area contributed by atoms with Crippen molar-refractivity contribution in [1.29, 1.82) is 0 Å². The lowest BCUT2D eigenvalue weighted by Gasteiger charge is -2.30. The third-order valence-corrected chi connectivity index (χ3v) is 7.19. The van der Waals surface area contributed by atoms with E-state index in [4.69, 9.17) is 15.0 Å². The molecule has 0 bridgehead atoms. The predicted octanol–water partition coefficient (Wildman–Crippen LogP) is 6.29. The van der Waals surface area contributed by atoms with Gasteiger partial charge in [-0.25, -0.2) is 0 Å². The normalized spacial score (nSPS) is 13.9. The maximum Gasteiger partial charge on any atom is 0.233 e. The first-order valence-electron chi connectivity index (χ1n) is 13.8. The molecule has 1 aromatic heterocycles. The highest BCUT2D eigenvalue weighted by Gasteiger charge is 2.20. The summed E-state index contributed by atoms with van der Waals surface area (Å²) in [7, 11) is 0. The van der Waals surface area contributed by atoms with E-state index in [0.29, 0.717) is 17.8 Å². The van der Waals surface area contributed by atoms with Crippen LogP contribution < -0.4 is 25.3 Å². The Morgan fingerprint density at radius 2 is 1.08 bits per heavy atom. The van der Waals surface area contributed by atoms with Gasteiger partial charge in [0.05, 0.1) is 0 Å². The van der Waals surface area contributed by atoms with Crippen LogP contribution in [0.1, 0.15) is 47.5 Å². The van der Waals surface area contributed by atoms with Crippen LogP contribution in [-0.4, -0.2) is 54.2 Å². The van der Waals surface area contributed by atoms with Crippen molar-refractivity contribution >= 4 is 40.6 Å². The van der Waals surface area contributed by atoms with Crippen molar-refractivity contribution in [3.05, 3.63) is 48.5 Å². The number of nitrogens with zero attached hydrogens (tertiary/aromatic N) is 6. The van der Waals surface area contributed by atoms with Gasteiger partial charge < -0.3 is 25.3 Å². The molecule has 1 aliphatic heterocycles. The van der Waals surface area contributed by atoms with Crippen LogP contribution in [0.3, 0.4) is 0 Å². The van der Waals surface area contributed by atoms with Crippen molar-refractivity contribution in [3.63, 3.8) is 0 Å². The Kier molecular flexibility index (Phi) is 9.04. The van der Waals surface area contributed by atoms with Crippen molar-refractivity contribution < 1.29 is 0 Å². The molecule has 0 saturated carbocycles. The quantitative estimate of drug-likeness (QED) is 0.317. The molecule has 37 heavy (non-hydrogen) atoms. The molecule has 1 saturated heterocycles. The molecule has 1 aliphatic rings. The number of nitrogens with one attached hydrogen (secondary N) is 2. The smallest absolute Gasteiger partial charge is 0.233 e. The Morgan fingerprint density at radius 1 is 0.676 bits per heavy atom. The monoisotopic (exact) mass is 502 g/mol. The Bertz CT molecular complexity index is 1020. The van der Waals surface area contributed by atoms with Gasteiger partial charge in [-0.15, -0.1) is 0 Å². The largest absolute Gasteiger partial charge is 0.372 e. The van der Waals surface area contributed by atoms with Gasteiger partial charge in [0.1, 0.15) is 0 Å². The van der Waals surface area contributed by atoms with Gasteiger partial charge in [0.25, 0.3) is 0 Å². The molecule has 3 aromatic rings. The van der Waals surface area contributed by atoms with E-state index in [1.54, 1.807) is 0 Å². The van der Waals surface area contributed by atoms with Crippen LogP contribution in [0.25, 0.3) is 0 Å². The molecule has 0 atom stereocenters. The van der Waals surface area contributed by atoms with Gasteiger partial charge in [0.2, 0.25) is 17.8 Å². The second-order valence-corrected chi connectivity index (χ2v) is 9.64. The molecule has 2 N–H and O–H groups in total. The standard InChI is InChI=1S/C29H42N8/c1-6-35(7-2)25-14-10-23(11-15-25)30-27-32-28(34-29(33-27)37-20-18-22(5)19-21-37)31-24-12-16-26(17-13-24)36(8-3)9-4/h10-17,22H,6-9,18-21H2,1-5H3,(H2,30,31,32,33,34). The topological polar surface area (TPSA) is 72.5 Å². The minimum absolute atomic E-state index is 0.543. The summed E-state index contributed by atoms with van der Waals surface area (Å²) in [6.07, 6.45) is 2.30. The zero-order chi connectivity index (χ0) is 26.2. The number of hydrogen-bond donors (Lipinski definition) is 2. The highest BCUT2D eigenvalue weighted by atomic mass is 15.3. The Labute approximate surface area is 222 Å². The second kappa shape index (κ2) is 12.6. The van der Waals surface area contributed by atoms with E-state index in [9.17, 15) is 0 Å². The van der Waals surface area contributed by atoms with E-state index in [-0.39, 0.29) is 0 Å². The van der Waals surface area contributed by atoms with Crippen LogP contribution >= 0.6 is 0 Å². The van der Waals surface area contributed by atoms with Crippen molar-refractivity contribution in [2.24, 2.45) is 5.92 Å². The van der Waals surface area contributed by atoms with Gasteiger partial charge in [-0.2, -0.15) is 15.0 Å². The lowest BCUT2D eigenvalue weighted by Crippen LogP contribution is -2.34. The van der Waals surface area contributed by atoms with E-state index >= 15 is 0 Å². The molecule has 0 amide bonds. The number of benzene rings is 2. The van der Waals surface area contributed by atoms with E-state index in [1.807, 2.05) is 0 Å². The maximum atomic E-state index is 4.80. The number of hydrogen-bond acceptors (Lipinski definition) is 8. The summed E-state index contributed by atoms with van der Waals surface area (Å²) in [5, 5.41) is 6.81. The molecule has 2 aromatic carbocycles. The number of aromatic nitrogens is 3. The predicted molar refractivity (Wildman–Crippen MR) is 157 cm³/mol. The van der Waals surface area contributed by atoms with Gasteiger partial charge >= 0.3 is 0 Å². The van der Waals surface area contributed by atoms with Gasteiger partial charge in [-0.1, -0.05) is 6.92 Å². The average molecular weight is 503 g/mol. The first-order valence-corrected chi connectivity index (χ1v) is 13.8. The van der Waals surface area contributed by atoms with Crippen LogP contribution in [0.15, 0.2) is 48.5 Å².